The van der Waals surface area contributed by atoms with Crippen molar-refractivity contribution < 1.29 is 24.3 Å². The van der Waals surface area contributed by atoms with Crippen LogP contribution in [-0.4, -0.2) is 64.1 Å². The van der Waals surface area contributed by atoms with Crippen LogP contribution in [-0.2, 0) is 23.0 Å². The van der Waals surface area contributed by atoms with Crippen molar-refractivity contribution in [3.63, 3.8) is 0 Å². The number of alkyl carbamates (subject to hydrolysis) is 1. The summed E-state index contributed by atoms with van der Waals surface area (Å²) in [5, 5.41) is 13.3. The molecule has 31 heavy (non-hydrogen) atoms. The Morgan fingerprint density at radius 3 is 2.45 bits per heavy atom. The minimum Gasteiger partial charge on any atom is -0.444 e. The normalized spacial score (nSPS) is 12.4. The van der Waals surface area contributed by atoms with Crippen molar-refractivity contribution in [1.29, 1.82) is 0 Å². The molecule has 0 saturated carbocycles. The maximum atomic E-state index is 12.3. The second-order valence-electron chi connectivity index (χ2n) is 8.30. The van der Waals surface area contributed by atoms with Gasteiger partial charge in [-0.05, 0) is 39.2 Å². The Morgan fingerprint density at radius 1 is 1.26 bits per heavy atom. The van der Waals surface area contributed by atoms with E-state index in [0.29, 0.717) is 18.5 Å². The molecule has 2 N–H and O–H groups in total. The molecule has 0 aliphatic heterocycles. The van der Waals surface area contributed by atoms with Crippen molar-refractivity contribution in [2.45, 2.75) is 45.3 Å². The molecule has 0 aliphatic rings. The minimum atomic E-state index is -0.587. The number of aliphatic hydroxyl groups excluding tert-OH is 1. The lowest BCUT2D eigenvalue weighted by Gasteiger charge is -2.23. The monoisotopic (exact) mass is 432 g/mol. The number of amides is 2. The first kappa shape index (κ1) is 24.4. The molecule has 2 rings (SSSR count). The zero-order valence-electron chi connectivity index (χ0n) is 19.0. The van der Waals surface area contributed by atoms with Crippen LogP contribution in [0.2, 0.25) is 0 Å². The second-order valence-corrected chi connectivity index (χ2v) is 8.30. The van der Waals surface area contributed by atoms with E-state index in [-0.39, 0.29) is 24.4 Å². The Hall–Kier alpha value is -2.91. The summed E-state index contributed by atoms with van der Waals surface area (Å²) in [5.41, 5.74) is 1.93. The lowest BCUT2D eigenvalue weighted by atomic mass is 10.0. The molecule has 0 bridgehead atoms. The van der Waals surface area contributed by atoms with Crippen molar-refractivity contribution >= 4 is 12.0 Å². The van der Waals surface area contributed by atoms with E-state index in [2.05, 4.69) is 10.3 Å². The largest absolute Gasteiger partial charge is 0.444 e. The van der Waals surface area contributed by atoms with E-state index in [0.717, 1.165) is 16.2 Å². The van der Waals surface area contributed by atoms with Gasteiger partial charge in [0.2, 0.25) is 5.82 Å². The van der Waals surface area contributed by atoms with Crippen LogP contribution in [0.25, 0.3) is 11.3 Å². The van der Waals surface area contributed by atoms with Crippen LogP contribution in [0.3, 0.4) is 0 Å². The lowest BCUT2D eigenvalue weighted by Crippen LogP contribution is -2.40. The van der Waals surface area contributed by atoms with Gasteiger partial charge in [0.05, 0.1) is 12.8 Å². The minimum absolute atomic E-state index is 0.0425. The van der Waals surface area contributed by atoms with Crippen LogP contribution in [0.5, 0.6) is 0 Å². The van der Waals surface area contributed by atoms with E-state index in [1.807, 2.05) is 24.3 Å². The van der Waals surface area contributed by atoms with Gasteiger partial charge < -0.3 is 19.7 Å². The van der Waals surface area contributed by atoms with E-state index in [4.69, 9.17) is 9.57 Å². The van der Waals surface area contributed by atoms with Crippen molar-refractivity contribution in [3.05, 3.63) is 41.9 Å². The molecular formula is C22H32N4O5. The second kappa shape index (κ2) is 10.4. The molecule has 1 aromatic carbocycles. The maximum Gasteiger partial charge on any atom is 0.407 e. The van der Waals surface area contributed by atoms with Crippen LogP contribution in [0.1, 0.15) is 43.4 Å². The Labute approximate surface area is 182 Å². The van der Waals surface area contributed by atoms with Crippen molar-refractivity contribution in [3.8, 4) is 11.3 Å². The smallest absolute Gasteiger partial charge is 0.407 e. The van der Waals surface area contributed by atoms with Crippen LogP contribution < -0.4 is 5.32 Å². The van der Waals surface area contributed by atoms with Gasteiger partial charge >= 0.3 is 12.0 Å². The zero-order chi connectivity index (χ0) is 23.2. The lowest BCUT2D eigenvalue weighted by molar-refractivity contribution is -0.0766. The first-order valence-electron chi connectivity index (χ1n) is 10.1. The zero-order valence-corrected chi connectivity index (χ0v) is 19.0. The van der Waals surface area contributed by atoms with Crippen molar-refractivity contribution in [2.24, 2.45) is 7.05 Å². The van der Waals surface area contributed by atoms with E-state index in [1.54, 1.807) is 38.6 Å². The average molecular weight is 433 g/mol. The molecule has 2 amide bonds. The summed E-state index contributed by atoms with van der Waals surface area (Å²) in [4.78, 5) is 33.7. The number of rotatable bonds is 8. The van der Waals surface area contributed by atoms with E-state index in [9.17, 15) is 14.7 Å². The van der Waals surface area contributed by atoms with Gasteiger partial charge in [-0.1, -0.05) is 24.3 Å². The molecule has 0 saturated heterocycles. The van der Waals surface area contributed by atoms with Crippen LogP contribution in [0.15, 0.2) is 30.5 Å². The average Bonchev–Trinajstić information content (AvgIpc) is 3.07. The molecular weight excluding hydrogens is 400 g/mol. The van der Waals surface area contributed by atoms with Crippen molar-refractivity contribution in [2.75, 3.05) is 20.8 Å². The third kappa shape index (κ3) is 7.08. The Morgan fingerprint density at radius 2 is 1.90 bits per heavy atom. The third-order valence-corrected chi connectivity index (χ3v) is 4.56. The number of hydrogen-bond acceptors (Lipinski definition) is 6. The van der Waals surface area contributed by atoms with Gasteiger partial charge in [0.1, 0.15) is 5.60 Å². The van der Waals surface area contributed by atoms with Crippen molar-refractivity contribution in [1.82, 2.24) is 19.9 Å². The van der Waals surface area contributed by atoms with Gasteiger partial charge in [0, 0.05) is 38.5 Å². The van der Waals surface area contributed by atoms with E-state index >= 15 is 0 Å². The van der Waals surface area contributed by atoms with Crippen LogP contribution >= 0.6 is 0 Å². The molecule has 0 aliphatic carbocycles. The number of aliphatic hydroxyl groups is 1. The summed E-state index contributed by atoms with van der Waals surface area (Å²) in [6, 6.07) is 7.45. The summed E-state index contributed by atoms with van der Waals surface area (Å²) >= 11 is 0. The number of carbonyl (C=O) groups excluding carboxylic acids is 2. The van der Waals surface area contributed by atoms with Gasteiger partial charge in [-0.2, -0.15) is 0 Å². The van der Waals surface area contributed by atoms with E-state index in [1.165, 1.54) is 14.2 Å². The SMILES string of the molecule is CON(C)C(=O)c1nc(-c2ccc(C[C@H](CCO)NC(=O)OC(C)(C)C)cc2)cn1C. The molecule has 0 unspecified atom stereocenters. The fourth-order valence-corrected chi connectivity index (χ4v) is 2.98. The summed E-state index contributed by atoms with van der Waals surface area (Å²) in [6.07, 6.45) is 2.24. The Balaban J connectivity index is 2.10. The number of nitrogens with zero attached hydrogens (tertiary/aromatic N) is 3. The number of imidazole rings is 1. The number of aromatic nitrogens is 2. The highest BCUT2D eigenvalue weighted by Crippen LogP contribution is 2.20. The molecule has 1 aromatic heterocycles. The van der Waals surface area contributed by atoms with Gasteiger partial charge in [-0.15, -0.1) is 0 Å². The highest BCUT2D eigenvalue weighted by Gasteiger charge is 2.21. The Kier molecular flexibility index (Phi) is 8.18. The quantitative estimate of drug-likeness (QED) is 0.621. The molecule has 0 radical (unpaired) electrons. The number of hydrogen-bond donors (Lipinski definition) is 2. The number of hydroxylamine groups is 2. The molecule has 9 nitrogen and oxygen atoms in total. The summed E-state index contributed by atoms with van der Waals surface area (Å²) < 4.78 is 6.96. The van der Waals surface area contributed by atoms with Crippen LogP contribution in [0, 0.1) is 0 Å². The van der Waals surface area contributed by atoms with Gasteiger partial charge in [-0.3, -0.25) is 9.63 Å². The summed E-state index contributed by atoms with van der Waals surface area (Å²) in [6.45, 7) is 5.36. The molecule has 0 spiro atoms. The van der Waals surface area contributed by atoms with Gasteiger partial charge in [0.15, 0.2) is 0 Å². The predicted molar refractivity (Wildman–Crippen MR) is 116 cm³/mol. The molecule has 1 heterocycles. The van der Waals surface area contributed by atoms with Gasteiger partial charge in [0.25, 0.3) is 0 Å². The fraction of sp³-hybridized carbons (Fsp3) is 0.500. The Bertz CT molecular complexity index is 886. The maximum absolute atomic E-state index is 12.3. The molecule has 9 heteroatoms. The topological polar surface area (TPSA) is 106 Å². The molecule has 1 atom stereocenters. The first-order chi connectivity index (χ1) is 14.5. The number of carbonyl (C=O) groups is 2. The molecule has 2 aromatic rings. The predicted octanol–water partition coefficient (Wildman–Crippen LogP) is 2.54. The number of aryl methyl sites for hydroxylation is 1. The van der Waals surface area contributed by atoms with E-state index < -0.39 is 11.7 Å². The molecule has 0 fully saturated rings. The fourth-order valence-electron chi connectivity index (χ4n) is 2.98. The molecule has 170 valence electrons. The van der Waals surface area contributed by atoms with Crippen LogP contribution in [0.4, 0.5) is 4.79 Å². The highest BCUT2D eigenvalue weighted by atomic mass is 16.7. The highest BCUT2D eigenvalue weighted by molar-refractivity contribution is 5.90. The number of nitrogens with one attached hydrogen (secondary N) is 1. The van der Waals surface area contributed by atoms with Gasteiger partial charge in [-0.25, -0.2) is 14.8 Å². The summed E-state index contributed by atoms with van der Waals surface area (Å²) in [5.74, 6) is -0.0686. The summed E-state index contributed by atoms with van der Waals surface area (Å²) in [7, 11) is 4.70. The number of benzene rings is 1. The standard InChI is InChI=1S/C22H32N4O5/c1-22(2,3)31-21(29)23-17(11-12-27)13-15-7-9-16(10-8-15)18-14-25(4)19(24-18)20(28)26(5)30-6/h7-10,14,17,27H,11-13H2,1-6H3,(H,23,29)/t17-/m0/s1. The number of ether oxygens (including phenoxy) is 1. The first-order valence-corrected chi connectivity index (χ1v) is 10.1. The third-order valence-electron chi connectivity index (χ3n) is 4.56.